The van der Waals surface area contributed by atoms with E-state index >= 15 is 0 Å². The summed E-state index contributed by atoms with van der Waals surface area (Å²) in [5.74, 6) is 0. The maximum atomic E-state index is 12.1. The number of hydrogen-bond acceptors (Lipinski definition) is 2. The number of fused-ring (bicyclic) bond motifs is 1. The summed E-state index contributed by atoms with van der Waals surface area (Å²) >= 11 is -0.285. The van der Waals surface area contributed by atoms with Crippen molar-refractivity contribution in [3.8, 4) is 0 Å². The van der Waals surface area contributed by atoms with Crippen molar-refractivity contribution in [2.75, 3.05) is 5.32 Å². The summed E-state index contributed by atoms with van der Waals surface area (Å²) in [6.07, 6.45) is 0. The van der Waals surface area contributed by atoms with E-state index in [1.165, 1.54) is 3.56 Å². The van der Waals surface area contributed by atoms with Crippen LogP contribution in [0.25, 0.3) is 9.65 Å². The standard InChI is InChI=1S/C14H10N2O2Se/c17-13-11-8-4-5-9-12(11)19-16(13)14(18)15-10-6-2-1-3-7-10/h1-9H,(H,15,18). The number of anilines is 1. The van der Waals surface area contributed by atoms with E-state index in [9.17, 15) is 9.59 Å². The number of para-hydroxylation sites is 1. The third-order valence-electron chi connectivity index (χ3n) is 2.70. The minimum atomic E-state index is -0.368. The van der Waals surface area contributed by atoms with Crippen molar-refractivity contribution in [1.29, 1.82) is 0 Å². The first-order valence-electron chi connectivity index (χ1n) is 5.73. The second-order valence-electron chi connectivity index (χ2n) is 3.98. The van der Waals surface area contributed by atoms with Gasteiger partial charge in [-0.1, -0.05) is 0 Å². The summed E-state index contributed by atoms with van der Waals surface area (Å²) in [4.78, 5) is 24.2. The molecule has 1 aromatic heterocycles. The molecule has 94 valence electrons. The Kier molecular flexibility index (Phi) is 3.07. The van der Waals surface area contributed by atoms with Gasteiger partial charge in [-0.05, 0) is 0 Å². The number of rotatable bonds is 1. The SMILES string of the molecule is O=C(Nc1ccccc1)n1[se]c2ccccc2c1=O. The topological polar surface area (TPSA) is 51.1 Å². The molecule has 5 heteroatoms. The fraction of sp³-hybridized carbons (Fsp3) is 0. The van der Waals surface area contributed by atoms with E-state index in [-0.39, 0.29) is 26.3 Å². The predicted molar refractivity (Wildman–Crippen MR) is 76.0 cm³/mol. The van der Waals surface area contributed by atoms with Gasteiger partial charge in [0.2, 0.25) is 0 Å². The Labute approximate surface area is 115 Å². The fourth-order valence-electron chi connectivity index (χ4n) is 1.80. The fourth-order valence-corrected chi connectivity index (χ4v) is 3.69. The predicted octanol–water partition coefficient (Wildman–Crippen LogP) is 2.14. The van der Waals surface area contributed by atoms with Crippen molar-refractivity contribution >= 4 is 36.1 Å². The molecule has 3 rings (SSSR count). The normalized spacial score (nSPS) is 10.5. The summed E-state index contributed by atoms with van der Waals surface area (Å²) < 4.78 is 2.23. The number of hydrogen-bond donors (Lipinski definition) is 1. The first-order valence-corrected chi connectivity index (χ1v) is 7.35. The van der Waals surface area contributed by atoms with Crippen LogP contribution in [0.3, 0.4) is 0 Å². The Morgan fingerprint density at radius 1 is 1.00 bits per heavy atom. The Morgan fingerprint density at radius 3 is 2.42 bits per heavy atom. The van der Waals surface area contributed by atoms with Gasteiger partial charge in [0.25, 0.3) is 0 Å². The first kappa shape index (κ1) is 12.0. The van der Waals surface area contributed by atoms with E-state index in [1.807, 2.05) is 36.4 Å². The summed E-state index contributed by atoms with van der Waals surface area (Å²) in [5, 5.41) is 3.36. The molecular weight excluding hydrogens is 307 g/mol. The van der Waals surface area contributed by atoms with E-state index < -0.39 is 0 Å². The van der Waals surface area contributed by atoms with Gasteiger partial charge in [-0.3, -0.25) is 0 Å². The minimum absolute atomic E-state index is 0.218. The Balaban J connectivity index is 1.98. The van der Waals surface area contributed by atoms with Crippen molar-refractivity contribution in [2.24, 2.45) is 0 Å². The molecule has 3 aromatic rings. The Hall–Kier alpha value is -2.10. The zero-order valence-corrected chi connectivity index (χ0v) is 11.6. The molecule has 19 heavy (non-hydrogen) atoms. The third kappa shape index (κ3) is 2.26. The van der Waals surface area contributed by atoms with Gasteiger partial charge in [-0.2, -0.15) is 0 Å². The maximum absolute atomic E-state index is 12.1. The molecule has 0 saturated carbocycles. The molecule has 4 nitrogen and oxygen atoms in total. The molecule has 0 saturated heterocycles. The van der Waals surface area contributed by atoms with Gasteiger partial charge >= 0.3 is 115 Å². The summed E-state index contributed by atoms with van der Waals surface area (Å²) in [6.45, 7) is 0. The van der Waals surface area contributed by atoms with Gasteiger partial charge in [0.1, 0.15) is 0 Å². The number of benzene rings is 2. The molecule has 2 aromatic carbocycles. The number of carbonyl (C=O) groups excluding carboxylic acids is 1. The van der Waals surface area contributed by atoms with Crippen molar-refractivity contribution in [2.45, 2.75) is 0 Å². The zero-order chi connectivity index (χ0) is 13.2. The van der Waals surface area contributed by atoms with E-state index in [0.29, 0.717) is 11.1 Å². The number of amides is 1. The number of nitrogens with zero attached hydrogens (tertiary/aromatic N) is 1. The average molecular weight is 317 g/mol. The molecule has 0 unspecified atom stereocenters. The van der Waals surface area contributed by atoms with Gasteiger partial charge in [0.15, 0.2) is 0 Å². The van der Waals surface area contributed by atoms with E-state index in [1.54, 1.807) is 18.2 Å². The van der Waals surface area contributed by atoms with Crippen LogP contribution in [-0.4, -0.2) is 24.3 Å². The van der Waals surface area contributed by atoms with Crippen LogP contribution in [0.4, 0.5) is 10.5 Å². The van der Waals surface area contributed by atoms with Crippen molar-refractivity contribution in [1.82, 2.24) is 3.56 Å². The molecule has 0 fully saturated rings. The molecule has 0 aliphatic heterocycles. The van der Waals surface area contributed by atoms with Gasteiger partial charge < -0.3 is 0 Å². The molecule has 1 N–H and O–H groups in total. The molecule has 0 radical (unpaired) electrons. The van der Waals surface area contributed by atoms with Crippen LogP contribution in [-0.2, 0) is 0 Å². The molecule has 0 aliphatic rings. The molecular formula is C14H10N2O2Se. The number of carbonyl (C=O) groups is 1. The summed E-state index contributed by atoms with van der Waals surface area (Å²) in [6, 6.07) is 16.1. The van der Waals surface area contributed by atoms with Gasteiger partial charge in [-0.15, -0.1) is 0 Å². The zero-order valence-electron chi connectivity index (χ0n) is 9.87. The Morgan fingerprint density at radius 2 is 1.68 bits per heavy atom. The van der Waals surface area contributed by atoms with Crippen LogP contribution in [0.2, 0.25) is 0 Å². The van der Waals surface area contributed by atoms with E-state index in [4.69, 9.17) is 0 Å². The summed E-state index contributed by atoms with van der Waals surface area (Å²) in [7, 11) is 0. The van der Waals surface area contributed by atoms with E-state index in [0.717, 1.165) is 4.26 Å². The number of aromatic nitrogens is 1. The van der Waals surface area contributed by atoms with E-state index in [2.05, 4.69) is 5.32 Å². The van der Waals surface area contributed by atoms with Gasteiger partial charge in [-0.25, -0.2) is 0 Å². The quantitative estimate of drug-likeness (QED) is 0.699. The molecule has 0 aliphatic carbocycles. The number of nitrogens with one attached hydrogen (secondary N) is 1. The van der Waals surface area contributed by atoms with Crippen LogP contribution < -0.4 is 10.9 Å². The van der Waals surface area contributed by atoms with Crippen molar-refractivity contribution in [3.05, 3.63) is 65.0 Å². The van der Waals surface area contributed by atoms with Crippen LogP contribution in [0.5, 0.6) is 0 Å². The molecule has 0 atom stereocenters. The first-order chi connectivity index (χ1) is 9.25. The second kappa shape index (κ2) is 4.88. The van der Waals surface area contributed by atoms with Crippen molar-refractivity contribution in [3.63, 3.8) is 0 Å². The molecule has 1 heterocycles. The van der Waals surface area contributed by atoms with Gasteiger partial charge in [0.05, 0.1) is 0 Å². The Bertz CT molecular complexity index is 790. The molecule has 0 spiro atoms. The van der Waals surface area contributed by atoms with Crippen molar-refractivity contribution < 1.29 is 4.79 Å². The van der Waals surface area contributed by atoms with Gasteiger partial charge in [0, 0.05) is 0 Å². The van der Waals surface area contributed by atoms with Crippen LogP contribution in [0.15, 0.2) is 59.4 Å². The second-order valence-corrected chi connectivity index (χ2v) is 6.06. The monoisotopic (exact) mass is 318 g/mol. The van der Waals surface area contributed by atoms with Crippen LogP contribution in [0.1, 0.15) is 0 Å². The third-order valence-corrected chi connectivity index (χ3v) is 4.94. The molecule has 1 amide bonds. The molecule has 0 bridgehead atoms. The van der Waals surface area contributed by atoms with Crippen LogP contribution in [0, 0.1) is 0 Å². The van der Waals surface area contributed by atoms with Crippen LogP contribution >= 0.6 is 0 Å². The summed E-state index contributed by atoms with van der Waals surface area (Å²) in [5.41, 5.74) is 0.469. The average Bonchev–Trinajstić information content (AvgIpc) is 2.78.